The summed E-state index contributed by atoms with van der Waals surface area (Å²) in [4.78, 5) is 4.06. The molecule has 2 aromatic heterocycles. The number of halogens is 1. The number of nitrogens with zero attached hydrogens (tertiary/aromatic N) is 4. The molecule has 1 fully saturated rings. The first kappa shape index (κ1) is 19.1. The zero-order chi connectivity index (χ0) is 20.2. The number of nitrogens with one attached hydrogen (secondary N) is 1. The summed E-state index contributed by atoms with van der Waals surface area (Å²) in [5.41, 5.74) is 8.34. The van der Waals surface area contributed by atoms with Gasteiger partial charge in [0.05, 0.1) is 16.9 Å². The lowest BCUT2D eigenvalue weighted by molar-refractivity contribution is 0.335. The van der Waals surface area contributed by atoms with E-state index in [2.05, 4.69) is 10.3 Å². The Morgan fingerprint density at radius 3 is 2.76 bits per heavy atom. The van der Waals surface area contributed by atoms with Crippen molar-refractivity contribution in [2.45, 2.75) is 31.7 Å². The molecule has 1 unspecified atom stereocenters. The number of aromatic nitrogens is 3. The van der Waals surface area contributed by atoms with Gasteiger partial charge in [0.1, 0.15) is 17.7 Å². The van der Waals surface area contributed by atoms with Crippen LogP contribution in [0.1, 0.15) is 31.2 Å². The lowest BCUT2D eigenvalue weighted by Gasteiger charge is -2.26. The SMILES string of the molecule is N#Cc1ccc(-c2cc(NCC3CCC[C@H](N)C3)nn2-c2ccncc2)cc1F. The number of rotatable bonds is 5. The van der Waals surface area contributed by atoms with E-state index >= 15 is 0 Å². The molecule has 1 aromatic carbocycles. The van der Waals surface area contributed by atoms with Gasteiger partial charge in [-0.15, -0.1) is 5.10 Å². The van der Waals surface area contributed by atoms with Crippen molar-refractivity contribution < 1.29 is 4.39 Å². The van der Waals surface area contributed by atoms with Gasteiger partial charge in [-0.05, 0) is 49.4 Å². The third-order valence-corrected chi connectivity index (χ3v) is 5.40. The first-order chi connectivity index (χ1) is 14.1. The average Bonchev–Trinajstić information content (AvgIpc) is 3.17. The molecule has 7 heteroatoms. The molecule has 2 heterocycles. The summed E-state index contributed by atoms with van der Waals surface area (Å²) in [6, 6.07) is 12.3. The van der Waals surface area contributed by atoms with Gasteiger partial charge < -0.3 is 11.1 Å². The summed E-state index contributed by atoms with van der Waals surface area (Å²) in [5.74, 6) is 0.708. The number of benzene rings is 1. The Morgan fingerprint density at radius 2 is 2.03 bits per heavy atom. The lowest BCUT2D eigenvalue weighted by atomic mass is 9.86. The molecule has 0 spiro atoms. The molecule has 1 saturated carbocycles. The van der Waals surface area contributed by atoms with Gasteiger partial charge in [-0.2, -0.15) is 5.26 Å². The second-order valence-electron chi connectivity index (χ2n) is 7.51. The van der Waals surface area contributed by atoms with E-state index in [0.29, 0.717) is 11.5 Å². The highest BCUT2D eigenvalue weighted by Crippen LogP contribution is 2.28. The van der Waals surface area contributed by atoms with Crippen LogP contribution in [0.15, 0.2) is 48.8 Å². The number of anilines is 1. The summed E-state index contributed by atoms with van der Waals surface area (Å²) >= 11 is 0. The van der Waals surface area contributed by atoms with Crippen molar-refractivity contribution in [1.82, 2.24) is 14.8 Å². The van der Waals surface area contributed by atoms with Gasteiger partial charge in [-0.1, -0.05) is 12.5 Å². The maximum absolute atomic E-state index is 14.2. The van der Waals surface area contributed by atoms with E-state index in [1.54, 1.807) is 23.1 Å². The number of nitriles is 1. The van der Waals surface area contributed by atoms with Crippen LogP contribution in [0.3, 0.4) is 0 Å². The summed E-state index contributed by atoms with van der Waals surface area (Å²) in [6.45, 7) is 0.808. The minimum absolute atomic E-state index is 0.0238. The molecule has 0 radical (unpaired) electrons. The van der Waals surface area contributed by atoms with Crippen LogP contribution in [-0.4, -0.2) is 27.4 Å². The molecule has 4 rings (SSSR count). The fraction of sp³-hybridized carbons (Fsp3) is 0.318. The van der Waals surface area contributed by atoms with E-state index in [4.69, 9.17) is 16.1 Å². The Balaban J connectivity index is 1.64. The minimum Gasteiger partial charge on any atom is -0.368 e. The van der Waals surface area contributed by atoms with Crippen molar-refractivity contribution in [2.75, 3.05) is 11.9 Å². The topological polar surface area (TPSA) is 92.5 Å². The van der Waals surface area contributed by atoms with Crippen LogP contribution in [0.4, 0.5) is 10.2 Å². The lowest BCUT2D eigenvalue weighted by Crippen LogP contribution is -2.31. The minimum atomic E-state index is -0.543. The Hall–Kier alpha value is -3.24. The molecule has 0 saturated heterocycles. The first-order valence-corrected chi connectivity index (χ1v) is 9.84. The van der Waals surface area contributed by atoms with E-state index in [0.717, 1.165) is 43.0 Å². The Morgan fingerprint density at radius 1 is 1.21 bits per heavy atom. The second-order valence-corrected chi connectivity index (χ2v) is 7.51. The van der Waals surface area contributed by atoms with Crippen LogP contribution in [0, 0.1) is 23.1 Å². The Kier molecular flexibility index (Phi) is 5.54. The van der Waals surface area contributed by atoms with E-state index in [1.165, 1.54) is 18.6 Å². The molecular formula is C22H23FN6. The number of nitrogens with two attached hydrogens (primary N) is 1. The summed E-state index contributed by atoms with van der Waals surface area (Å²) in [7, 11) is 0. The maximum Gasteiger partial charge on any atom is 0.149 e. The molecule has 1 aliphatic rings. The van der Waals surface area contributed by atoms with Crippen LogP contribution >= 0.6 is 0 Å². The maximum atomic E-state index is 14.2. The van der Waals surface area contributed by atoms with Gasteiger partial charge in [0.2, 0.25) is 0 Å². The molecule has 0 bridgehead atoms. The molecule has 148 valence electrons. The van der Waals surface area contributed by atoms with Gasteiger partial charge >= 0.3 is 0 Å². The van der Waals surface area contributed by atoms with Gasteiger partial charge in [-0.3, -0.25) is 4.98 Å². The number of pyridine rings is 1. The van der Waals surface area contributed by atoms with E-state index < -0.39 is 5.82 Å². The summed E-state index contributed by atoms with van der Waals surface area (Å²) in [5, 5.41) is 17.1. The highest BCUT2D eigenvalue weighted by molar-refractivity contribution is 5.67. The largest absolute Gasteiger partial charge is 0.368 e. The predicted molar refractivity (Wildman–Crippen MR) is 110 cm³/mol. The molecule has 3 N–H and O–H groups in total. The van der Waals surface area contributed by atoms with E-state index in [9.17, 15) is 4.39 Å². The summed E-state index contributed by atoms with van der Waals surface area (Å²) < 4.78 is 16.0. The fourth-order valence-corrected chi connectivity index (χ4v) is 3.89. The second kappa shape index (κ2) is 8.41. The average molecular weight is 390 g/mol. The molecule has 6 nitrogen and oxygen atoms in total. The van der Waals surface area contributed by atoms with Crippen molar-refractivity contribution in [1.29, 1.82) is 5.26 Å². The van der Waals surface area contributed by atoms with Crippen LogP contribution in [0.5, 0.6) is 0 Å². The third kappa shape index (κ3) is 4.28. The van der Waals surface area contributed by atoms with Crippen molar-refractivity contribution in [3.8, 4) is 23.0 Å². The zero-order valence-electron chi connectivity index (χ0n) is 16.1. The normalized spacial score (nSPS) is 18.9. The molecule has 0 aliphatic heterocycles. The highest BCUT2D eigenvalue weighted by Gasteiger charge is 2.20. The molecular weight excluding hydrogens is 367 g/mol. The standard InChI is InChI=1S/C22H23FN6/c23-20-11-16(4-5-17(20)13-24)21-12-22(27-14-15-2-1-3-18(25)10-15)28-29(21)19-6-8-26-9-7-19/h4-9,11-12,15,18H,1-3,10,14,25H2,(H,27,28)/t15?,18-/m0/s1. The Bertz CT molecular complexity index is 1020. The van der Waals surface area contributed by atoms with Gasteiger partial charge in [0.15, 0.2) is 0 Å². The monoisotopic (exact) mass is 390 g/mol. The third-order valence-electron chi connectivity index (χ3n) is 5.40. The zero-order valence-corrected chi connectivity index (χ0v) is 16.1. The Labute approximate surface area is 169 Å². The molecule has 2 atom stereocenters. The fourth-order valence-electron chi connectivity index (χ4n) is 3.89. The van der Waals surface area contributed by atoms with Gasteiger partial charge in [-0.25, -0.2) is 9.07 Å². The van der Waals surface area contributed by atoms with Gasteiger partial charge in [0, 0.05) is 36.6 Å². The van der Waals surface area contributed by atoms with Crippen LogP contribution in [0.25, 0.3) is 16.9 Å². The smallest absolute Gasteiger partial charge is 0.149 e. The number of hydrogen-bond donors (Lipinski definition) is 2. The van der Waals surface area contributed by atoms with Crippen LogP contribution in [0.2, 0.25) is 0 Å². The van der Waals surface area contributed by atoms with Crippen LogP contribution in [-0.2, 0) is 0 Å². The number of hydrogen-bond acceptors (Lipinski definition) is 5. The molecule has 0 amide bonds. The molecule has 1 aliphatic carbocycles. The van der Waals surface area contributed by atoms with E-state index in [-0.39, 0.29) is 11.6 Å². The van der Waals surface area contributed by atoms with E-state index in [1.807, 2.05) is 24.3 Å². The first-order valence-electron chi connectivity index (χ1n) is 9.84. The molecule has 3 aromatic rings. The van der Waals surface area contributed by atoms with Crippen molar-refractivity contribution in [3.63, 3.8) is 0 Å². The van der Waals surface area contributed by atoms with Crippen molar-refractivity contribution in [2.24, 2.45) is 11.7 Å². The predicted octanol–water partition coefficient (Wildman–Crippen LogP) is 3.87. The molecule has 29 heavy (non-hydrogen) atoms. The van der Waals surface area contributed by atoms with Crippen molar-refractivity contribution in [3.05, 3.63) is 60.2 Å². The van der Waals surface area contributed by atoms with Crippen LogP contribution < -0.4 is 11.1 Å². The van der Waals surface area contributed by atoms with Gasteiger partial charge in [0.25, 0.3) is 0 Å². The highest BCUT2D eigenvalue weighted by atomic mass is 19.1. The quantitative estimate of drug-likeness (QED) is 0.690. The van der Waals surface area contributed by atoms with Crippen molar-refractivity contribution >= 4 is 5.82 Å². The summed E-state index contributed by atoms with van der Waals surface area (Å²) in [6.07, 6.45) is 7.83.